The minimum absolute atomic E-state index is 0.0887. The van der Waals surface area contributed by atoms with Crippen LogP contribution in [0.1, 0.15) is 42.5 Å². The summed E-state index contributed by atoms with van der Waals surface area (Å²) in [7, 11) is 0. The third-order valence-corrected chi connectivity index (χ3v) is 5.61. The fraction of sp³-hybridized carbons (Fsp3) is 0.385. The number of fused-ring (bicyclic) bond motifs is 1. The van der Waals surface area contributed by atoms with Crippen molar-refractivity contribution in [2.24, 2.45) is 0 Å². The van der Waals surface area contributed by atoms with E-state index in [4.69, 9.17) is 13.9 Å². The monoisotopic (exact) mass is 522 g/mol. The first-order valence-corrected chi connectivity index (χ1v) is 11.6. The fourth-order valence-corrected chi connectivity index (χ4v) is 3.95. The van der Waals surface area contributed by atoms with Crippen molar-refractivity contribution in [3.63, 3.8) is 0 Å². The van der Waals surface area contributed by atoms with Gasteiger partial charge in [0, 0.05) is 18.5 Å². The number of hydrogen-bond donors (Lipinski definition) is 1. The Morgan fingerprint density at radius 1 is 1.03 bits per heavy atom. The lowest BCUT2D eigenvalue weighted by atomic mass is 9.98. The molecule has 1 fully saturated rings. The van der Waals surface area contributed by atoms with Crippen LogP contribution in [0.15, 0.2) is 40.8 Å². The number of ether oxygens (including phenoxy) is 2. The second-order valence-corrected chi connectivity index (χ2v) is 9.61. The molecule has 7 nitrogen and oxygen atoms in total. The van der Waals surface area contributed by atoms with Gasteiger partial charge < -0.3 is 24.1 Å². The summed E-state index contributed by atoms with van der Waals surface area (Å²) in [6.07, 6.45) is -5.50. The number of carbonyl (C=O) groups excluding carboxylic acids is 2. The highest BCUT2D eigenvalue weighted by molar-refractivity contribution is 5.96. The Morgan fingerprint density at radius 3 is 2.38 bits per heavy atom. The van der Waals surface area contributed by atoms with E-state index in [1.165, 1.54) is 29.2 Å². The van der Waals surface area contributed by atoms with Gasteiger partial charge in [0.25, 0.3) is 5.91 Å². The molecule has 1 aromatic heterocycles. The van der Waals surface area contributed by atoms with Crippen molar-refractivity contribution in [3.05, 3.63) is 59.1 Å². The molecule has 11 heteroatoms. The van der Waals surface area contributed by atoms with E-state index in [0.717, 1.165) is 12.1 Å². The lowest BCUT2D eigenvalue weighted by molar-refractivity contribution is -0.136. The summed E-state index contributed by atoms with van der Waals surface area (Å²) in [5, 5.41) is 2.58. The summed E-state index contributed by atoms with van der Waals surface area (Å²) in [4.78, 5) is 26.2. The molecule has 1 N–H and O–H groups in total. The zero-order valence-corrected chi connectivity index (χ0v) is 20.5. The van der Waals surface area contributed by atoms with Gasteiger partial charge in [0.1, 0.15) is 22.8 Å². The number of halogens is 4. The average Bonchev–Trinajstić information content (AvgIpc) is 3.24. The normalized spacial score (nSPS) is 14.6. The van der Waals surface area contributed by atoms with Crippen LogP contribution in [0, 0.1) is 5.82 Å². The third-order valence-electron chi connectivity index (χ3n) is 5.61. The maximum atomic E-state index is 14.6. The number of alkyl carbamates (subject to hydrolysis) is 1. The molecular weight excluding hydrogens is 496 g/mol. The number of morpholine rings is 1. The molecule has 0 unspecified atom stereocenters. The molecule has 0 radical (unpaired) electrons. The zero-order valence-electron chi connectivity index (χ0n) is 20.5. The summed E-state index contributed by atoms with van der Waals surface area (Å²) >= 11 is 0. The lowest BCUT2D eigenvalue weighted by Crippen LogP contribution is -2.41. The predicted molar refractivity (Wildman–Crippen MR) is 126 cm³/mol. The zero-order chi connectivity index (χ0) is 27.0. The lowest BCUT2D eigenvalue weighted by Gasteiger charge is -2.27. The molecule has 0 saturated carbocycles. The van der Waals surface area contributed by atoms with E-state index >= 15 is 0 Å². The van der Waals surface area contributed by atoms with Gasteiger partial charge in [-0.05, 0) is 62.2 Å². The number of hydrogen-bond acceptors (Lipinski definition) is 5. The number of furan rings is 1. The van der Waals surface area contributed by atoms with Gasteiger partial charge in [0.2, 0.25) is 0 Å². The first-order valence-electron chi connectivity index (χ1n) is 11.6. The van der Waals surface area contributed by atoms with Crippen LogP contribution < -0.4 is 5.32 Å². The van der Waals surface area contributed by atoms with Crippen molar-refractivity contribution in [2.45, 2.75) is 39.1 Å². The van der Waals surface area contributed by atoms with Crippen LogP contribution in [0.25, 0.3) is 22.1 Å². The van der Waals surface area contributed by atoms with Crippen molar-refractivity contribution in [3.8, 4) is 11.1 Å². The van der Waals surface area contributed by atoms with Crippen LogP contribution >= 0.6 is 0 Å². The van der Waals surface area contributed by atoms with Gasteiger partial charge in [-0.2, -0.15) is 13.2 Å². The quantitative estimate of drug-likeness (QED) is 0.441. The van der Waals surface area contributed by atoms with Crippen LogP contribution in [0.4, 0.5) is 22.4 Å². The van der Waals surface area contributed by atoms with E-state index in [1.807, 2.05) is 0 Å². The Bertz CT molecular complexity index is 1320. The van der Waals surface area contributed by atoms with Gasteiger partial charge in [-0.15, -0.1) is 0 Å². The molecule has 2 aromatic carbocycles. The van der Waals surface area contributed by atoms with Crippen LogP contribution in [0.3, 0.4) is 0 Å². The van der Waals surface area contributed by atoms with Crippen LogP contribution in [0.2, 0.25) is 0 Å². The van der Waals surface area contributed by atoms with Gasteiger partial charge in [0.15, 0.2) is 0 Å². The van der Waals surface area contributed by atoms with E-state index in [0.29, 0.717) is 26.3 Å². The summed E-state index contributed by atoms with van der Waals surface area (Å²) in [6, 6.07) is 7.37. The molecule has 1 saturated heterocycles. The number of nitrogens with zero attached hydrogens (tertiary/aromatic N) is 1. The Hall–Kier alpha value is -3.60. The van der Waals surface area contributed by atoms with E-state index in [2.05, 4.69) is 5.32 Å². The summed E-state index contributed by atoms with van der Waals surface area (Å²) in [5.41, 5.74) is -2.04. The third kappa shape index (κ3) is 6.22. The number of carbonyl (C=O) groups is 2. The topological polar surface area (TPSA) is 81.0 Å². The molecule has 4 rings (SSSR count). The van der Waals surface area contributed by atoms with Gasteiger partial charge in [-0.1, -0.05) is 6.07 Å². The van der Waals surface area contributed by atoms with Crippen molar-refractivity contribution in [2.75, 3.05) is 26.3 Å². The Labute approximate surface area is 210 Å². The van der Waals surface area contributed by atoms with E-state index < -0.39 is 40.7 Å². The molecule has 3 aromatic rings. The van der Waals surface area contributed by atoms with Gasteiger partial charge in [-0.25, -0.2) is 9.18 Å². The summed E-state index contributed by atoms with van der Waals surface area (Å²) in [5.74, 6) is -1.24. The molecule has 0 aliphatic carbocycles. The Balaban J connectivity index is 1.68. The Kier molecular flexibility index (Phi) is 7.18. The molecule has 2 amide bonds. The number of amides is 2. The standard InChI is InChI=1S/C26H26F4N2O5/c1-25(2,3)37-24(34)31-14-18-11-17-10-16(13-20(22(17)36-18)26(28,29)30)15-4-5-21(27)19(12-15)23(33)32-6-8-35-9-7-32/h4-5,10-13H,6-9,14H2,1-3H3,(H,31,34). The van der Waals surface area contributed by atoms with Crippen LogP contribution in [-0.2, 0) is 22.2 Å². The number of alkyl halides is 3. The largest absolute Gasteiger partial charge is 0.459 e. The molecule has 0 bridgehead atoms. The molecular formula is C26H26F4N2O5. The molecule has 0 atom stereocenters. The minimum Gasteiger partial charge on any atom is -0.459 e. The van der Waals surface area contributed by atoms with Crippen LogP contribution in [0.5, 0.6) is 0 Å². The first kappa shape index (κ1) is 26.5. The van der Waals surface area contributed by atoms with Gasteiger partial charge >= 0.3 is 12.3 Å². The second kappa shape index (κ2) is 10.0. The number of rotatable bonds is 4. The Morgan fingerprint density at radius 2 is 1.73 bits per heavy atom. The first-order chi connectivity index (χ1) is 17.3. The van der Waals surface area contributed by atoms with E-state index in [9.17, 15) is 27.2 Å². The highest BCUT2D eigenvalue weighted by Gasteiger charge is 2.35. The van der Waals surface area contributed by atoms with Crippen molar-refractivity contribution >= 4 is 23.0 Å². The predicted octanol–water partition coefficient (Wildman–Crippen LogP) is 5.75. The van der Waals surface area contributed by atoms with E-state index in [1.54, 1.807) is 20.8 Å². The average molecular weight is 522 g/mol. The molecule has 0 spiro atoms. The maximum absolute atomic E-state index is 14.6. The summed E-state index contributed by atoms with van der Waals surface area (Å²) < 4.78 is 72.2. The summed E-state index contributed by atoms with van der Waals surface area (Å²) in [6.45, 7) is 6.09. The molecule has 1 aliphatic rings. The van der Waals surface area contributed by atoms with Gasteiger partial charge in [0.05, 0.1) is 30.9 Å². The van der Waals surface area contributed by atoms with E-state index in [-0.39, 0.29) is 34.4 Å². The minimum atomic E-state index is -4.76. The van der Waals surface area contributed by atoms with Crippen molar-refractivity contribution in [1.82, 2.24) is 10.2 Å². The maximum Gasteiger partial charge on any atom is 0.420 e. The van der Waals surface area contributed by atoms with Gasteiger partial charge in [-0.3, -0.25) is 4.79 Å². The number of nitrogens with one attached hydrogen (secondary N) is 1. The second-order valence-electron chi connectivity index (χ2n) is 9.61. The highest BCUT2D eigenvalue weighted by atomic mass is 19.4. The van der Waals surface area contributed by atoms with Crippen molar-refractivity contribution in [1.29, 1.82) is 0 Å². The molecule has 37 heavy (non-hydrogen) atoms. The molecule has 1 aliphatic heterocycles. The van der Waals surface area contributed by atoms with Crippen LogP contribution in [-0.4, -0.2) is 48.8 Å². The van der Waals surface area contributed by atoms with Crippen molar-refractivity contribution < 1.29 is 41.0 Å². The highest BCUT2D eigenvalue weighted by Crippen LogP contribution is 2.39. The SMILES string of the molecule is CC(C)(C)OC(=O)NCc1cc2cc(-c3ccc(F)c(C(=O)N4CCOCC4)c3)cc(C(F)(F)F)c2o1. The number of benzene rings is 2. The molecule has 2 heterocycles. The smallest absolute Gasteiger partial charge is 0.420 e. The fourth-order valence-electron chi connectivity index (χ4n) is 3.95. The molecule has 198 valence electrons.